The van der Waals surface area contributed by atoms with Gasteiger partial charge in [-0.05, 0) is 55.2 Å². The highest BCUT2D eigenvalue weighted by Crippen LogP contribution is 2.40. The number of amides is 1. The first kappa shape index (κ1) is 22.5. The SMILES string of the molecule is Cc1nc(C(=O)N2CC[C@H](C)[C@H]2c2nc3cc(C(F)(F)F)ccc3[nH]2)c(-c2ccc(F)cc2)s1. The Labute approximate surface area is 196 Å². The average Bonchev–Trinajstić information content (AvgIpc) is 3.48. The van der Waals surface area contributed by atoms with Gasteiger partial charge in [-0.1, -0.05) is 19.1 Å². The summed E-state index contributed by atoms with van der Waals surface area (Å²) in [5, 5.41) is 0.704. The van der Waals surface area contributed by atoms with Crippen molar-refractivity contribution in [3.8, 4) is 10.4 Å². The zero-order chi connectivity index (χ0) is 24.2. The first-order valence-electron chi connectivity index (χ1n) is 10.7. The second kappa shape index (κ2) is 8.19. The largest absolute Gasteiger partial charge is 0.416 e. The molecule has 0 bridgehead atoms. The normalized spacial score (nSPS) is 18.7. The van der Waals surface area contributed by atoms with E-state index in [0.29, 0.717) is 33.3 Å². The number of imidazole rings is 1. The number of carbonyl (C=O) groups is 1. The van der Waals surface area contributed by atoms with Gasteiger partial charge in [-0.2, -0.15) is 13.2 Å². The zero-order valence-electron chi connectivity index (χ0n) is 18.3. The third-order valence-corrected chi connectivity index (χ3v) is 7.13. The summed E-state index contributed by atoms with van der Waals surface area (Å²) in [4.78, 5) is 28.0. The molecule has 1 saturated heterocycles. The molecule has 0 unspecified atom stereocenters. The molecule has 0 radical (unpaired) electrons. The average molecular weight is 489 g/mol. The number of halogens is 4. The maximum Gasteiger partial charge on any atom is 0.416 e. The number of aromatic nitrogens is 3. The number of fused-ring (bicyclic) bond motifs is 1. The first-order valence-corrected chi connectivity index (χ1v) is 11.5. The number of H-pyrrole nitrogens is 1. The highest BCUT2D eigenvalue weighted by atomic mass is 32.1. The van der Waals surface area contributed by atoms with Gasteiger partial charge >= 0.3 is 6.18 Å². The van der Waals surface area contributed by atoms with Crippen LogP contribution in [0.1, 0.15) is 46.3 Å². The number of aromatic amines is 1. The molecule has 5 rings (SSSR count). The fraction of sp³-hybridized carbons (Fsp3) is 0.292. The molecule has 0 spiro atoms. The molecule has 1 aliphatic rings. The second-order valence-electron chi connectivity index (χ2n) is 8.48. The number of nitrogens with one attached hydrogen (secondary N) is 1. The monoisotopic (exact) mass is 488 g/mol. The van der Waals surface area contributed by atoms with Crippen molar-refractivity contribution in [3.63, 3.8) is 0 Å². The number of thiazole rings is 1. The maximum atomic E-state index is 13.7. The van der Waals surface area contributed by atoms with E-state index in [9.17, 15) is 22.4 Å². The van der Waals surface area contributed by atoms with Crippen LogP contribution in [0.2, 0.25) is 0 Å². The Morgan fingerprint density at radius 3 is 2.59 bits per heavy atom. The molecule has 1 aliphatic heterocycles. The van der Waals surface area contributed by atoms with Gasteiger partial charge in [0.05, 0.1) is 32.5 Å². The minimum Gasteiger partial charge on any atom is -0.340 e. The van der Waals surface area contributed by atoms with E-state index in [-0.39, 0.29) is 28.9 Å². The number of carbonyl (C=O) groups excluding carboxylic acids is 1. The van der Waals surface area contributed by atoms with Crippen molar-refractivity contribution >= 4 is 28.3 Å². The van der Waals surface area contributed by atoms with E-state index in [0.717, 1.165) is 18.6 Å². The van der Waals surface area contributed by atoms with E-state index in [2.05, 4.69) is 15.0 Å². The summed E-state index contributed by atoms with van der Waals surface area (Å²) in [5.41, 5.74) is 0.886. The maximum absolute atomic E-state index is 13.7. The van der Waals surface area contributed by atoms with Gasteiger partial charge in [-0.3, -0.25) is 4.79 Å². The summed E-state index contributed by atoms with van der Waals surface area (Å²) in [5.74, 6) is -0.164. The lowest BCUT2D eigenvalue weighted by Crippen LogP contribution is -2.33. The van der Waals surface area contributed by atoms with Crippen LogP contribution >= 0.6 is 11.3 Å². The van der Waals surface area contributed by atoms with Crippen LogP contribution in [0, 0.1) is 18.7 Å². The topological polar surface area (TPSA) is 61.9 Å². The standard InChI is InChI=1S/C24H20F4N4OS/c1-12-9-10-32(20(12)22-30-17-8-5-15(24(26,27)28)11-18(17)31-22)23(33)19-21(34-13(2)29-19)14-3-6-16(25)7-4-14/h3-8,11-12,20H,9-10H2,1-2H3,(H,30,31)/t12-,20-/m0/s1. The molecule has 0 aliphatic carbocycles. The van der Waals surface area contributed by atoms with E-state index in [1.807, 2.05) is 6.92 Å². The number of nitrogens with zero attached hydrogens (tertiary/aromatic N) is 3. The van der Waals surface area contributed by atoms with Gasteiger partial charge in [-0.25, -0.2) is 14.4 Å². The van der Waals surface area contributed by atoms with Gasteiger partial charge < -0.3 is 9.88 Å². The summed E-state index contributed by atoms with van der Waals surface area (Å²) in [6.45, 7) is 4.25. The van der Waals surface area contributed by atoms with E-state index in [1.54, 1.807) is 24.0 Å². The molecule has 2 aromatic carbocycles. The van der Waals surface area contributed by atoms with Crippen LogP contribution in [0.3, 0.4) is 0 Å². The Morgan fingerprint density at radius 2 is 1.88 bits per heavy atom. The van der Waals surface area contributed by atoms with E-state index in [4.69, 9.17) is 0 Å². The number of alkyl halides is 3. The molecular weight excluding hydrogens is 468 g/mol. The molecular formula is C24H20F4N4OS. The lowest BCUT2D eigenvalue weighted by atomic mass is 10.0. The van der Waals surface area contributed by atoms with Gasteiger partial charge in [0.15, 0.2) is 0 Å². The Balaban J connectivity index is 1.51. The van der Waals surface area contributed by atoms with E-state index >= 15 is 0 Å². The second-order valence-corrected chi connectivity index (χ2v) is 9.68. The Morgan fingerprint density at radius 1 is 1.15 bits per heavy atom. The Hall–Kier alpha value is -3.27. The molecule has 1 amide bonds. The van der Waals surface area contributed by atoms with Crippen LogP contribution in [0.4, 0.5) is 17.6 Å². The zero-order valence-corrected chi connectivity index (χ0v) is 19.1. The fourth-order valence-electron chi connectivity index (χ4n) is 4.44. The molecule has 2 atom stereocenters. The quantitative estimate of drug-likeness (QED) is 0.341. The third kappa shape index (κ3) is 3.96. The van der Waals surface area contributed by atoms with Crippen molar-refractivity contribution in [1.82, 2.24) is 19.9 Å². The molecule has 10 heteroatoms. The van der Waals surface area contributed by atoms with Crippen molar-refractivity contribution in [3.05, 3.63) is 70.4 Å². The smallest absolute Gasteiger partial charge is 0.340 e. The van der Waals surface area contributed by atoms with Crippen molar-refractivity contribution in [1.29, 1.82) is 0 Å². The third-order valence-electron chi connectivity index (χ3n) is 6.11. The minimum absolute atomic E-state index is 0.0422. The van der Waals surface area contributed by atoms with Gasteiger partial charge in [-0.15, -0.1) is 11.3 Å². The van der Waals surface area contributed by atoms with Crippen molar-refractivity contribution in [2.45, 2.75) is 32.5 Å². The lowest BCUT2D eigenvalue weighted by molar-refractivity contribution is -0.137. The summed E-state index contributed by atoms with van der Waals surface area (Å²) in [6, 6.07) is 8.84. The molecule has 3 heterocycles. The molecule has 4 aromatic rings. The Bertz CT molecular complexity index is 1380. The highest BCUT2D eigenvalue weighted by molar-refractivity contribution is 7.15. The highest BCUT2D eigenvalue weighted by Gasteiger charge is 2.40. The molecule has 0 saturated carbocycles. The van der Waals surface area contributed by atoms with Gasteiger partial charge in [0.1, 0.15) is 17.3 Å². The minimum atomic E-state index is -4.46. The van der Waals surface area contributed by atoms with Crippen LogP contribution in [-0.2, 0) is 6.18 Å². The summed E-state index contributed by atoms with van der Waals surface area (Å²) < 4.78 is 52.8. The summed E-state index contributed by atoms with van der Waals surface area (Å²) in [7, 11) is 0. The first-order chi connectivity index (χ1) is 16.1. The number of hydrogen-bond donors (Lipinski definition) is 1. The molecule has 2 aromatic heterocycles. The number of hydrogen-bond acceptors (Lipinski definition) is 4. The van der Waals surface area contributed by atoms with Gasteiger partial charge in [0.2, 0.25) is 0 Å². The molecule has 176 valence electrons. The van der Waals surface area contributed by atoms with Crippen molar-refractivity contribution < 1.29 is 22.4 Å². The Kier molecular flexibility index (Phi) is 5.43. The van der Waals surface area contributed by atoms with Crippen molar-refractivity contribution in [2.24, 2.45) is 5.92 Å². The van der Waals surface area contributed by atoms with Crippen LogP contribution in [0.15, 0.2) is 42.5 Å². The van der Waals surface area contributed by atoms with Crippen LogP contribution in [0.5, 0.6) is 0 Å². The lowest BCUT2D eigenvalue weighted by Gasteiger charge is -2.25. The predicted molar refractivity (Wildman–Crippen MR) is 121 cm³/mol. The number of aryl methyl sites for hydroxylation is 1. The summed E-state index contributed by atoms with van der Waals surface area (Å²) >= 11 is 1.35. The van der Waals surface area contributed by atoms with Crippen molar-refractivity contribution in [2.75, 3.05) is 6.54 Å². The number of benzene rings is 2. The van der Waals surface area contributed by atoms with Gasteiger partial charge in [0, 0.05) is 6.54 Å². The van der Waals surface area contributed by atoms with Crippen LogP contribution in [0.25, 0.3) is 21.5 Å². The van der Waals surface area contributed by atoms with E-state index in [1.165, 1.54) is 29.5 Å². The van der Waals surface area contributed by atoms with Crippen LogP contribution in [-0.4, -0.2) is 32.3 Å². The molecule has 34 heavy (non-hydrogen) atoms. The number of likely N-dealkylation sites (tertiary alicyclic amines) is 1. The number of rotatable bonds is 3. The molecule has 1 fully saturated rings. The van der Waals surface area contributed by atoms with Crippen LogP contribution < -0.4 is 0 Å². The predicted octanol–water partition coefficient (Wildman–Crippen LogP) is 6.38. The summed E-state index contributed by atoms with van der Waals surface area (Å²) in [6.07, 6.45) is -3.74. The van der Waals surface area contributed by atoms with Gasteiger partial charge in [0.25, 0.3) is 5.91 Å². The fourth-order valence-corrected chi connectivity index (χ4v) is 5.35. The van der Waals surface area contributed by atoms with E-state index < -0.39 is 17.8 Å². The molecule has 5 nitrogen and oxygen atoms in total. The molecule has 1 N–H and O–H groups in total.